The highest BCUT2D eigenvalue weighted by Crippen LogP contribution is 2.11. The van der Waals surface area contributed by atoms with Gasteiger partial charge in [-0.2, -0.15) is 0 Å². The van der Waals surface area contributed by atoms with Gasteiger partial charge in [-0.25, -0.2) is 4.79 Å². The Morgan fingerprint density at radius 3 is 1.75 bits per heavy atom. The van der Waals surface area contributed by atoms with Gasteiger partial charge in [0, 0.05) is 6.42 Å². The van der Waals surface area contributed by atoms with Gasteiger partial charge in [0.15, 0.2) is 11.6 Å². The third-order valence-corrected chi connectivity index (χ3v) is 2.17. The average Bonchev–Trinajstić information content (AvgIpc) is 2.40. The molecule has 0 atom stereocenters. The first kappa shape index (κ1) is 17.9. The van der Waals surface area contributed by atoms with Gasteiger partial charge in [-0.15, -0.1) is 0 Å². The van der Waals surface area contributed by atoms with E-state index in [-0.39, 0.29) is 19.8 Å². The molecular weight excluding hydrogens is 270 g/mol. The van der Waals surface area contributed by atoms with E-state index < -0.39 is 36.0 Å². The fourth-order valence-corrected chi connectivity index (χ4v) is 1.32. The van der Waals surface area contributed by atoms with Gasteiger partial charge in [0.25, 0.3) is 0 Å². The molecule has 8 nitrogen and oxygen atoms in total. The second kappa shape index (κ2) is 9.76. The third kappa shape index (κ3) is 5.68. The van der Waals surface area contributed by atoms with E-state index in [4.69, 9.17) is 14.7 Å². The highest BCUT2D eigenvalue weighted by molar-refractivity contribution is 6.37. The topological polar surface area (TPSA) is 111 Å². The molecule has 0 aromatic carbocycles. The van der Waals surface area contributed by atoms with Crippen molar-refractivity contribution in [1.29, 1.82) is 0 Å². The number of rotatable bonds is 8. The largest absolute Gasteiger partial charge is 0.465 e. The summed E-state index contributed by atoms with van der Waals surface area (Å²) in [4.78, 5) is 34.8. The second-order valence-electron chi connectivity index (χ2n) is 3.53. The molecule has 0 heterocycles. The first-order valence-corrected chi connectivity index (χ1v) is 6.22. The summed E-state index contributed by atoms with van der Waals surface area (Å²) in [6.07, 6.45) is -0.451. The summed E-state index contributed by atoms with van der Waals surface area (Å²) >= 11 is 0. The summed E-state index contributed by atoms with van der Waals surface area (Å²) < 4.78 is 14.1. The van der Waals surface area contributed by atoms with Crippen molar-refractivity contribution in [1.82, 2.24) is 0 Å². The van der Waals surface area contributed by atoms with Crippen LogP contribution in [0.1, 0.15) is 27.2 Å². The molecule has 0 aromatic rings. The number of carbonyl (C=O) groups excluding carboxylic acids is 3. The Labute approximate surface area is 116 Å². The lowest BCUT2D eigenvalue weighted by atomic mass is 10.0. The molecule has 1 N–H and O–H groups in total. The van der Waals surface area contributed by atoms with E-state index >= 15 is 0 Å². The van der Waals surface area contributed by atoms with E-state index in [0.717, 1.165) is 0 Å². The van der Waals surface area contributed by atoms with Gasteiger partial charge >= 0.3 is 17.9 Å². The van der Waals surface area contributed by atoms with Crippen LogP contribution in [-0.4, -0.2) is 48.6 Å². The number of esters is 3. The van der Waals surface area contributed by atoms with Crippen LogP contribution >= 0.6 is 0 Å². The first-order chi connectivity index (χ1) is 9.51. The summed E-state index contributed by atoms with van der Waals surface area (Å²) in [5.74, 6) is -3.98. The lowest BCUT2D eigenvalue weighted by Crippen LogP contribution is -2.33. The van der Waals surface area contributed by atoms with Crippen LogP contribution in [0.2, 0.25) is 0 Å². The number of ether oxygens (including phenoxy) is 3. The fraction of sp³-hybridized carbons (Fsp3) is 0.667. The molecule has 0 radical (unpaired) electrons. The van der Waals surface area contributed by atoms with Gasteiger partial charge in [-0.05, 0) is 20.8 Å². The van der Waals surface area contributed by atoms with E-state index in [1.165, 1.54) is 0 Å². The van der Waals surface area contributed by atoms with Gasteiger partial charge in [0.1, 0.15) is 0 Å². The molecule has 0 saturated heterocycles. The molecule has 0 unspecified atom stereocenters. The van der Waals surface area contributed by atoms with E-state index in [9.17, 15) is 14.4 Å². The molecule has 20 heavy (non-hydrogen) atoms. The van der Waals surface area contributed by atoms with Crippen LogP contribution in [0.25, 0.3) is 0 Å². The van der Waals surface area contributed by atoms with Gasteiger partial charge in [0.05, 0.1) is 19.8 Å². The number of carbonyl (C=O) groups is 3. The van der Waals surface area contributed by atoms with Gasteiger partial charge in [0.2, 0.25) is 0 Å². The number of nitrogens with zero attached hydrogens (tertiary/aromatic N) is 1. The minimum Gasteiger partial charge on any atom is -0.465 e. The molecule has 0 aliphatic carbocycles. The number of oxime groups is 1. The molecule has 0 fully saturated rings. The SMILES string of the molecule is CCOC(=O)/C(CC(C(=O)OCC)C(=O)OCC)=N/O. The van der Waals surface area contributed by atoms with Crippen LogP contribution < -0.4 is 0 Å². The molecule has 0 rings (SSSR count). The standard InChI is InChI=1S/C12H19NO7/c1-4-18-10(14)8(11(15)19-5-2)7-9(13-17)12(16)20-6-3/h8,17H,4-7H2,1-3H3/b13-9+. The average molecular weight is 289 g/mol. The molecule has 0 amide bonds. The maximum absolute atomic E-state index is 11.7. The van der Waals surface area contributed by atoms with Crippen LogP contribution in [0, 0.1) is 5.92 Å². The Morgan fingerprint density at radius 2 is 1.40 bits per heavy atom. The summed E-state index contributed by atoms with van der Waals surface area (Å²) in [6, 6.07) is 0. The zero-order chi connectivity index (χ0) is 15.5. The van der Waals surface area contributed by atoms with Crippen molar-refractivity contribution >= 4 is 23.6 Å². The molecule has 114 valence electrons. The van der Waals surface area contributed by atoms with E-state index in [2.05, 4.69) is 9.89 Å². The van der Waals surface area contributed by atoms with Crippen molar-refractivity contribution in [3.8, 4) is 0 Å². The van der Waals surface area contributed by atoms with Crippen molar-refractivity contribution < 1.29 is 33.8 Å². The molecule has 0 spiro atoms. The van der Waals surface area contributed by atoms with E-state index in [0.29, 0.717) is 0 Å². The fourth-order valence-electron chi connectivity index (χ4n) is 1.32. The Balaban J connectivity index is 4.99. The lowest BCUT2D eigenvalue weighted by Gasteiger charge is -2.14. The van der Waals surface area contributed by atoms with Crippen LogP contribution in [0.3, 0.4) is 0 Å². The Morgan fingerprint density at radius 1 is 0.950 bits per heavy atom. The smallest absolute Gasteiger partial charge is 0.356 e. The highest BCUT2D eigenvalue weighted by atomic mass is 16.6. The molecule has 0 aliphatic rings. The highest BCUT2D eigenvalue weighted by Gasteiger charge is 2.33. The van der Waals surface area contributed by atoms with Crippen molar-refractivity contribution in [3.63, 3.8) is 0 Å². The van der Waals surface area contributed by atoms with Crippen LogP contribution in [0.15, 0.2) is 5.16 Å². The number of hydrogen-bond acceptors (Lipinski definition) is 8. The number of hydrogen-bond donors (Lipinski definition) is 1. The summed E-state index contributed by atoms with van der Waals surface area (Å²) in [7, 11) is 0. The summed E-state index contributed by atoms with van der Waals surface area (Å²) in [6.45, 7) is 4.93. The molecule has 0 bridgehead atoms. The van der Waals surface area contributed by atoms with Crippen molar-refractivity contribution in [2.24, 2.45) is 11.1 Å². The van der Waals surface area contributed by atoms with Crippen molar-refractivity contribution in [2.75, 3.05) is 19.8 Å². The minimum atomic E-state index is -1.37. The molecule has 8 heteroatoms. The second-order valence-corrected chi connectivity index (χ2v) is 3.53. The quantitative estimate of drug-likeness (QED) is 0.173. The first-order valence-electron chi connectivity index (χ1n) is 6.22. The zero-order valence-electron chi connectivity index (χ0n) is 11.7. The van der Waals surface area contributed by atoms with Gasteiger partial charge < -0.3 is 19.4 Å². The van der Waals surface area contributed by atoms with Crippen molar-refractivity contribution in [3.05, 3.63) is 0 Å². The molecule has 0 aromatic heterocycles. The van der Waals surface area contributed by atoms with Crippen molar-refractivity contribution in [2.45, 2.75) is 27.2 Å². The molecule has 0 aliphatic heterocycles. The summed E-state index contributed by atoms with van der Waals surface area (Å²) in [5.41, 5.74) is -0.446. The zero-order valence-corrected chi connectivity index (χ0v) is 11.7. The van der Waals surface area contributed by atoms with Crippen LogP contribution in [0.5, 0.6) is 0 Å². The normalized spacial score (nSPS) is 11.1. The predicted molar refractivity (Wildman–Crippen MR) is 67.2 cm³/mol. The lowest BCUT2D eigenvalue weighted by molar-refractivity contribution is -0.161. The molecule has 0 saturated carbocycles. The van der Waals surface area contributed by atoms with Gasteiger partial charge in [-0.3, -0.25) is 9.59 Å². The van der Waals surface area contributed by atoms with E-state index in [1.807, 2.05) is 0 Å². The van der Waals surface area contributed by atoms with Gasteiger partial charge in [-0.1, -0.05) is 5.16 Å². The maximum atomic E-state index is 11.7. The third-order valence-electron chi connectivity index (χ3n) is 2.17. The monoisotopic (exact) mass is 289 g/mol. The summed E-state index contributed by atoms with van der Waals surface area (Å²) in [5, 5.41) is 11.5. The Hall–Kier alpha value is -2.12. The Kier molecular flexibility index (Phi) is 8.73. The maximum Gasteiger partial charge on any atom is 0.356 e. The predicted octanol–water partition coefficient (Wildman–Crippen LogP) is 0.512. The minimum absolute atomic E-state index is 0.0692. The Bertz CT molecular complexity index is 360. The van der Waals surface area contributed by atoms with Crippen LogP contribution in [-0.2, 0) is 28.6 Å². The molecular formula is C12H19NO7. The van der Waals surface area contributed by atoms with Crippen LogP contribution in [0.4, 0.5) is 0 Å². The van der Waals surface area contributed by atoms with E-state index in [1.54, 1.807) is 20.8 Å².